The number of allylic oxidation sites excluding steroid dienone is 2. The van der Waals surface area contributed by atoms with E-state index in [9.17, 15) is 0 Å². The van der Waals surface area contributed by atoms with Gasteiger partial charge in [-0.05, 0) is 13.8 Å². The zero-order valence-electron chi connectivity index (χ0n) is 9.36. The molecule has 0 aliphatic rings. The average Bonchev–Trinajstić information content (AvgIpc) is 2.25. The van der Waals surface area contributed by atoms with Crippen LogP contribution in [0.25, 0.3) is 11.6 Å². The molecule has 1 aromatic heterocycles. The van der Waals surface area contributed by atoms with Crippen LogP contribution in [0.15, 0.2) is 24.0 Å². The van der Waals surface area contributed by atoms with Crippen LogP contribution < -0.4 is 0 Å². The normalized spacial score (nSPS) is 12.1. The Morgan fingerprint density at radius 1 is 1.47 bits per heavy atom. The summed E-state index contributed by atoms with van der Waals surface area (Å²) < 4.78 is 0. The van der Waals surface area contributed by atoms with Crippen molar-refractivity contribution in [1.82, 2.24) is 9.97 Å². The summed E-state index contributed by atoms with van der Waals surface area (Å²) in [5.74, 6) is 0. The molecule has 0 aliphatic heterocycles. The van der Waals surface area contributed by atoms with Crippen LogP contribution >= 0.6 is 0 Å². The van der Waals surface area contributed by atoms with Crippen molar-refractivity contribution in [3.63, 3.8) is 0 Å². The van der Waals surface area contributed by atoms with Gasteiger partial charge in [0.25, 0.3) is 0 Å². The predicted molar refractivity (Wildman–Crippen MR) is 64.9 cm³/mol. The van der Waals surface area contributed by atoms with Crippen LogP contribution in [0.4, 0.5) is 0 Å². The molecular weight excluding hydrogens is 186 g/mol. The highest BCUT2D eigenvalue weighted by molar-refractivity contribution is 6.10. The molecule has 0 radical (unpaired) electrons. The number of rotatable bonds is 3. The molecule has 1 aromatic rings. The Balaban J connectivity index is 3.36. The van der Waals surface area contributed by atoms with Gasteiger partial charge in [0.1, 0.15) is 6.33 Å². The van der Waals surface area contributed by atoms with Gasteiger partial charge in [0.05, 0.1) is 5.69 Å². The first kappa shape index (κ1) is 11.3. The highest BCUT2D eigenvalue weighted by Gasteiger charge is 2.07. The Hall–Kier alpha value is -1.77. The van der Waals surface area contributed by atoms with E-state index in [4.69, 9.17) is 0 Å². The standard InChI is InChI=1S/C12H15N3/c1-5-10(7-13-4)12-11(6-2)9(3)14-8-15-12/h5-8H,2H2,1,3-4H3/b10-5+,13-7?. The zero-order chi connectivity index (χ0) is 11.3. The lowest BCUT2D eigenvalue weighted by atomic mass is 10.1. The van der Waals surface area contributed by atoms with E-state index in [2.05, 4.69) is 21.5 Å². The van der Waals surface area contributed by atoms with E-state index in [1.807, 2.05) is 19.9 Å². The maximum atomic E-state index is 4.26. The summed E-state index contributed by atoms with van der Waals surface area (Å²) in [5.41, 5.74) is 3.76. The van der Waals surface area contributed by atoms with Crippen molar-refractivity contribution in [1.29, 1.82) is 0 Å². The molecule has 1 heterocycles. The first-order valence-corrected chi connectivity index (χ1v) is 4.77. The fraction of sp³-hybridized carbons (Fsp3) is 0.250. The Kier molecular flexibility index (Phi) is 3.92. The molecular formula is C12H15N3. The van der Waals surface area contributed by atoms with Crippen LogP contribution in [0.3, 0.4) is 0 Å². The van der Waals surface area contributed by atoms with Crippen LogP contribution in [0.5, 0.6) is 0 Å². The number of nitrogens with zero attached hydrogens (tertiary/aromatic N) is 3. The van der Waals surface area contributed by atoms with Gasteiger partial charge in [-0.15, -0.1) is 0 Å². The minimum atomic E-state index is 0.880. The van der Waals surface area contributed by atoms with E-state index in [1.165, 1.54) is 0 Å². The highest BCUT2D eigenvalue weighted by Crippen LogP contribution is 2.18. The lowest BCUT2D eigenvalue weighted by molar-refractivity contribution is 1.08. The SMILES string of the molecule is C=Cc1c(C)ncnc1/C(C=NC)=C/C. The van der Waals surface area contributed by atoms with Gasteiger partial charge in [-0.2, -0.15) is 0 Å². The average molecular weight is 201 g/mol. The van der Waals surface area contributed by atoms with Gasteiger partial charge < -0.3 is 0 Å². The van der Waals surface area contributed by atoms with Crippen molar-refractivity contribution < 1.29 is 0 Å². The molecule has 0 saturated carbocycles. The summed E-state index contributed by atoms with van der Waals surface area (Å²) in [7, 11) is 1.74. The number of aryl methyl sites for hydroxylation is 1. The molecule has 0 saturated heterocycles. The fourth-order valence-electron chi connectivity index (χ4n) is 1.37. The van der Waals surface area contributed by atoms with Crippen molar-refractivity contribution in [2.24, 2.45) is 4.99 Å². The van der Waals surface area contributed by atoms with Gasteiger partial charge >= 0.3 is 0 Å². The largest absolute Gasteiger partial charge is 0.296 e. The molecule has 0 fully saturated rings. The third-order valence-electron chi connectivity index (χ3n) is 2.14. The summed E-state index contributed by atoms with van der Waals surface area (Å²) in [6.07, 6.45) is 7.10. The predicted octanol–water partition coefficient (Wildman–Crippen LogP) is 2.53. The van der Waals surface area contributed by atoms with E-state index in [0.717, 1.165) is 22.5 Å². The number of hydrogen-bond acceptors (Lipinski definition) is 3. The molecule has 0 spiro atoms. The summed E-state index contributed by atoms with van der Waals surface area (Å²) in [4.78, 5) is 12.4. The zero-order valence-corrected chi connectivity index (χ0v) is 9.36. The van der Waals surface area contributed by atoms with Crippen molar-refractivity contribution >= 4 is 17.9 Å². The summed E-state index contributed by atoms with van der Waals surface area (Å²) in [6, 6.07) is 0. The molecule has 0 N–H and O–H groups in total. The Morgan fingerprint density at radius 2 is 2.20 bits per heavy atom. The van der Waals surface area contributed by atoms with Crippen LogP contribution in [0, 0.1) is 6.92 Å². The number of aliphatic imine (C=N–C) groups is 1. The Bertz CT molecular complexity index is 417. The molecule has 3 heteroatoms. The second-order valence-corrected chi connectivity index (χ2v) is 3.06. The van der Waals surface area contributed by atoms with Crippen LogP contribution in [0.1, 0.15) is 23.9 Å². The fourth-order valence-corrected chi connectivity index (χ4v) is 1.37. The molecule has 0 amide bonds. The van der Waals surface area contributed by atoms with Gasteiger partial charge in [0.2, 0.25) is 0 Å². The number of aromatic nitrogens is 2. The Labute approximate surface area is 90.3 Å². The van der Waals surface area contributed by atoms with Gasteiger partial charge in [-0.25, -0.2) is 9.97 Å². The second kappa shape index (κ2) is 5.20. The van der Waals surface area contributed by atoms with Crippen LogP contribution in [-0.4, -0.2) is 23.2 Å². The van der Waals surface area contributed by atoms with Gasteiger partial charge in [-0.1, -0.05) is 18.7 Å². The smallest absolute Gasteiger partial charge is 0.116 e. The molecule has 1 rings (SSSR count). The van der Waals surface area contributed by atoms with E-state index in [-0.39, 0.29) is 0 Å². The van der Waals surface area contributed by atoms with E-state index >= 15 is 0 Å². The lowest BCUT2D eigenvalue weighted by Crippen LogP contribution is -1.99. The minimum absolute atomic E-state index is 0.880. The second-order valence-electron chi connectivity index (χ2n) is 3.06. The quantitative estimate of drug-likeness (QED) is 0.705. The third kappa shape index (κ3) is 2.37. The molecule has 78 valence electrons. The van der Waals surface area contributed by atoms with Gasteiger partial charge in [0.15, 0.2) is 0 Å². The monoisotopic (exact) mass is 201 g/mol. The van der Waals surface area contributed by atoms with E-state index < -0.39 is 0 Å². The van der Waals surface area contributed by atoms with Crippen molar-refractivity contribution in [3.05, 3.63) is 35.9 Å². The van der Waals surface area contributed by atoms with E-state index in [0.29, 0.717) is 0 Å². The maximum Gasteiger partial charge on any atom is 0.116 e. The lowest BCUT2D eigenvalue weighted by Gasteiger charge is -2.06. The first-order valence-electron chi connectivity index (χ1n) is 4.77. The molecule has 0 aliphatic carbocycles. The molecule has 0 unspecified atom stereocenters. The van der Waals surface area contributed by atoms with Crippen molar-refractivity contribution in [2.45, 2.75) is 13.8 Å². The molecule has 15 heavy (non-hydrogen) atoms. The van der Waals surface area contributed by atoms with Crippen molar-refractivity contribution in [3.8, 4) is 0 Å². The topological polar surface area (TPSA) is 38.1 Å². The molecule has 3 nitrogen and oxygen atoms in total. The van der Waals surface area contributed by atoms with Gasteiger partial charge in [-0.3, -0.25) is 4.99 Å². The van der Waals surface area contributed by atoms with Crippen LogP contribution in [-0.2, 0) is 0 Å². The summed E-state index contributed by atoms with van der Waals surface area (Å²) >= 11 is 0. The third-order valence-corrected chi connectivity index (χ3v) is 2.14. The molecule has 0 aromatic carbocycles. The highest BCUT2D eigenvalue weighted by atomic mass is 14.8. The molecule has 0 bridgehead atoms. The Morgan fingerprint density at radius 3 is 2.73 bits per heavy atom. The summed E-state index contributed by atoms with van der Waals surface area (Å²) in [6.45, 7) is 7.68. The van der Waals surface area contributed by atoms with E-state index in [1.54, 1.807) is 25.7 Å². The molecule has 0 atom stereocenters. The van der Waals surface area contributed by atoms with Gasteiger partial charge in [0, 0.05) is 30.1 Å². The van der Waals surface area contributed by atoms with Crippen molar-refractivity contribution in [2.75, 3.05) is 7.05 Å². The summed E-state index contributed by atoms with van der Waals surface area (Å²) in [5, 5.41) is 0. The maximum absolute atomic E-state index is 4.26. The first-order chi connectivity index (χ1) is 7.24. The van der Waals surface area contributed by atoms with Crippen LogP contribution in [0.2, 0.25) is 0 Å². The minimum Gasteiger partial charge on any atom is -0.296 e. The number of hydrogen-bond donors (Lipinski definition) is 0.